The second-order valence-corrected chi connectivity index (χ2v) is 4.53. The predicted molar refractivity (Wildman–Crippen MR) is 74.8 cm³/mol. The fraction of sp³-hybridized carbons (Fsp3) is 0.267. The molecule has 110 valence electrons. The van der Waals surface area contributed by atoms with E-state index in [0.717, 1.165) is 0 Å². The summed E-state index contributed by atoms with van der Waals surface area (Å²) in [5.74, 6) is -0.0499. The molecule has 0 aliphatic heterocycles. The zero-order valence-electron chi connectivity index (χ0n) is 12.1. The SMILES string of the molecule is COC(=O)c1ccc(C(=O)N(C)C(C)c2ccco2)nc1. The van der Waals surface area contributed by atoms with Crippen LogP contribution in [0.25, 0.3) is 0 Å². The average Bonchev–Trinajstić information content (AvgIpc) is 3.06. The molecule has 0 saturated carbocycles. The molecule has 0 spiro atoms. The van der Waals surface area contributed by atoms with E-state index < -0.39 is 5.97 Å². The molecule has 0 aliphatic rings. The van der Waals surface area contributed by atoms with E-state index >= 15 is 0 Å². The highest BCUT2D eigenvalue weighted by atomic mass is 16.5. The van der Waals surface area contributed by atoms with Crippen LogP contribution in [0.4, 0.5) is 0 Å². The molecule has 2 aromatic rings. The van der Waals surface area contributed by atoms with Gasteiger partial charge in [0.15, 0.2) is 0 Å². The number of methoxy groups -OCH3 is 1. The van der Waals surface area contributed by atoms with Gasteiger partial charge in [0, 0.05) is 13.2 Å². The van der Waals surface area contributed by atoms with Gasteiger partial charge in [-0.1, -0.05) is 0 Å². The number of amides is 1. The molecule has 1 amide bonds. The maximum absolute atomic E-state index is 12.3. The summed E-state index contributed by atoms with van der Waals surface area (Å²) in [6, 6.07) is 6.38. The van der Waals surface area contributed by atoms with Crippen LogP contribution in [0.15, 0.2) is 41.1 Å². The van der Waals surface area contributed by atoms with Crippen LogP contribution in [0, 0.1) is 0 Å². The van der Waals surface area contributed by atoms with Gasteiger partial charge in [0.25, 0.3) is 5.91 Å². The van der Waals surface area contributed by atoms with Crippen molar-refractivity contribution in [3.63, 3.8) is 0 Å². The zero-order valence-corrected chi connectivity index (χ0v) is 12.1. The first-order chi connectivity index (χ1) is 10.0. The van der Waals surface area contributed by atoms with Gasteiger partial charge in [-0.2, -0.15) is 0 Å². The van der Waals surface area contributed by atoms with Crippen molar-refractivity contribution in [2.75, 3.05) is 14.2 Å². The van der Waals surface area contributed by atoms with E-state index in [1.54, 1.807) is 19.4 Å². The maximum Gasteiger partial charge on any atom is 0.339 e. The Balaban J connectivity index is 2.14. The molecular weight excluding hydrogens is 272 g/mol. The molecule has 0 aliphatic carbocycles. The lowest BCUT2D eigenvalue weighted by molar-refractivity contribution is 0.0598. The van der Waals surface area contributed by atoms with Crippen molar-refractivity contribution in [2.45, 2.75) is 13.0 Å². The Bertz CT molecular complexity index is 620. The molecule has 6 nitrogen and oxygen atoms in total. The molecule has 0 radical (unpaired) electrons. The van der Waals surface area contributed by atoms with Crippen molar-refractivity contribution in [3.05, 3.63) is 53.7 Å². The quantitative estimate of drug-likeness (QED) is 0.807. The minimum absolute atomic E-state index is 0.213. The van der Waals surface area contributed by atoms with E-state index in [4.69, 9.17) is 4.42 Å². The van der Waals surface area contributed by atoms with Gasteiger partial charge in [-0.25, -0.2) is 4.79 Å². The fourth-order valence-electron chi connectivity index (χ4n) is 1.84. The monoisotopic (exact) mass is 288 g/mol. The molecular formula is C15H16N2O4. The van der Waals surface area contributed by atoms with Crippen LogP contribution in [0.2, 0.25) is 0 Å². The third-order valence-corrected chi connectivity index (χ3v) is 3.26. The van der Waals surface area contributed by atoms with Crippen molar-refractivity contribution >= 4 is 11.9 Å². The summed E-state index contributed by atoms with van der Waals surface area (Å²) in [5.41, 5.74) is 0.555. The average molecular weight is 288 g/mol. The minimum atomic E-state index is -0.487. The molecule has 0 saturated heterocycles. The van der Waals surface area contributed by atoms with E-state index in [9.17, 15) is 9.59 Å². The first kappa shape index (κ1) is 14.8. The number of nitrogens with zero attached hydrogens (tertiary/aromatic N) is 2. The molecule has 0 bridgehead atoms. The van der Waals surface area contributed by atoms with E-state index in [1.807, 2.05) is 13.0 Å². The highest BCUT2D eigenvalue weighted by molar-refractivity contribution is 5.94. The van der Waals surface area contributed by atoms with E-state index in [0.29, 0.717) is 11.3 Å². The summed E-state index contributed by atoms with van der Waals surface area (Å²) >= 11 is 0. The van der Waals surface area contributed by atoms with Crippen molar-refractivity contribution < 1.29 is 18.7 Å². The molecule has 2 rings (SSSR count). The molecule has 0 N–H and O–H groups in total. The standard InChI is InChI=1S/C15H16N2O4/c1-10(13-5-4-8-21-13)17(2)14(18)12-7-6-11(9-16-12)15(19)20-3/h4-10H,1-3H3. The Morgan fingerprint density at radius 1 is 1.33 bits per heavy atom. The van der Waals surface area contributed by atoms with Crippen molar-refractivity contribution in [1.29, 1.82) is 0 Å². The summed E-state index contributed by atoms with van der Waals surface area (Å²) in [5, 5.41) is 0. The van der Waals surface area contributed by atoms with E-state index in [-0.39, 0.29) is 17.6 Å². The molecule has 1 atom stereocenters. The van der Waals surface area contributed by atoms with Gasteiger partial charge in [0.1, 0.15) is 11.5 Å². The van der Waals surface area contributed by atoms with Gasteiger partial charge < -0.3 is 14.1 Å². The van der Waals surface area contributed by atoms with Crippen molar-refractivity contribution in [2.24, 2.45) is 0 Å². The summed E-state index contributed by atoms with van der Waals surface area (Å²) in [4.78, 5) is 29.2. The van der Waals surface area contributed by atoms with Crippen molar-refractivity contribution in [3.8, 4) is 0 Å². The van der Waals surface area contributed by atoms with Gasteiger partial charge >= 0.3 is 5.97 Å². The minimum Gasteiger partial charge on any atom is -0.467 e. The van der Waals surface area contributed by atoms with Gasteiger partial charge in [-0.05, 0) is 31.2 Å². The largest absolute Gasteiger partial charge is 0.467 e. The number of aromatic nitrogens is 1. The van der Waals surface area contributed by atoms with Gasteiger partial charge in [-0.3, -0.25) is 9.78 Å². The second-order valence-electron chi connectivity index (χ2n) is 4.53. The van der Waals surface area contributed by atoms with Crippen LogP contribution in [-0.4, -0.2) is 35.9 Å². The number of carbonyl (C=O) groups is 2. The lowest BCUT2D eigenvalue weighted by Gasteiger charge is -2.22. The first-order valence-corrected chi connectivity index (χ1v) is 6.39. The highest BCUT2D eigenvalue weighted by Crippen LogP contribution is 2.20. The van der Waals surface area contributed by atoms with Crippen molar-refractivity contribution in [1.82, 2.24) is 9.88 Å². The van der Waals surface area contributed by atoms with Crippen LogP contribution in [0.3, 0.4) is 0 Å². The summed E-state index contributed by atoms with van der Waals surface area (Å²) in [7, 11) is 2.96. The Morgan fingerprint density at radius 2 is 2.10 bits per heavy atom. The second kappa shape index (κ2) is 6.21. The normalized spacial score (nSPS) is 11.8. The summed E-state index contributed by atoms with van der Waals surface area (Å²) in [6.07, 6.45) is 2.89. The number of ether oxygens (including phenoxy) is 1. The topological polar surface area (TPSA) is 72.6 Å². The lowest BCUT2D eigenvalue weighted by atomic mass is 10.2. The third kappa shape index (κ3) is 3.10. The Kier molecular flexibility index (Phi) is 4.37. The Morgan fingerprint density at radius 3 is 2.62 bits per heavy atom. The van der Waals surface area contributed by atoms with Gasteiger partial charge in [0.2, 0.25) is 0 Å². The summed E-state index contributed by atoms with van der Waals surface area (Å²) in [6.45, 7) is 1.86. The summed E-state index contributed by atoms with van der Waals surface area (Å²) < 4.78 is 9.88. The molecule has 1 unspecified atom stereocenters. The van der Waals surface area contributed by atoms with Gasteiger partial charge in [-0.15, -0.1) is 0 Å². The highest BCUT2D eigenvalue weighted by Gasteiger charge is 2.21. The molecule has 2 heterocycles. The number of carbonyl (C=O) groups excluding carboxylic acids is 2. The number of furan rings is 1. The number of esters is 1. The van der Waals surface area contributed by atoms with Crippen LogP contribution in [0.1, 0.15) is 39.6 Å². The van der Waals surface area contributed by atoms with E-state index in [2.05, 4.69) is 9.72 Å². The first-order valence-electron chi connectivity index (χ1n) is 6.39. The van der Waals surface area contributed by atoms with Gasteiger partial charge in [0.05, 0.1) is 25.0 Å². The Hall–Kier alpha value is -2.63. The van der Waals surface area contributed by atoms with Crippen LogP contribution < -0.4 is 0 Å². The van der Waals surface area contributed by atoms with E-state index in [1.165, 1.54) is 30.3 Å². The zero-order chi connectivity index (χ0) is 15.4. The molecule has 0 aromatic carbocycles. The number of pyridine rings is 1. The number of hydrogen-bond acceptors (Lipinski definition) is 5. The maximum atomic E-state index is 12.3. The lowest BCUT2D eigenvalue weighted by Crippen LogP contribution is -2.30. The smallest absolute Gasteiger partial charge is 0.339 e. The molecule has 2 aromatic heterocycles. The molecule has 6 heteroatoms. The number of hydrogen-bond donors (Lipinski definition) is 0. The predicted octanol–water partition coefficient (Wildman–Crippen LogP) is 2.29. The molecule has 21 heavy (non-hydrogen) atoms. The van der Waals surface area contributed by atoms with Crippen LogP contribution in [0.5, 0.6) is 0 Å². The number of rotatable bonds is 4. The Labute approximate surface area is 122 Å². The van der Waals surface area contributed by atoms with Crippen LogP contribution >= 0.6 is 0 Å². The van der Waals surface area contributed by atoms with Crippen LogP contribution in [-0.2, 0) is 4.74 Å². The third-order valence-electron chi connectivity index (χ3n) is 3.26. The molecule has 0 fully saturated rings. The fourth-order valence-corrected chi connectivity index (χ4v) is 1.84.